The van der Waals surface area contributed by atoms with Gasteiger partial charge in [-0.3, -0.25) is 0 Å². The fraction of sp³-hybridized carbons (Fsp3) is 0.364. The molecule has 0 aliphatic heterocycles. The maximum atomic E-state index is 8.77. The zero-order valence-electron chi connectivity index (χ0n) is 6.96. The Morgan fingerprint density at radius 2 is 2.00 bits per heavy atom. The third-order valence-corrected chi connectivity index (χ3v) is 2.53. The maximum Gasteiger partial charge on any atom is 0.0659 e. The molecule has 0 heterocycles. The summed E-state index contributed by atoms with van der Waals surface area (Å²) in [6, 6.07) is 10.8. The highest BCUT2D eigenvalue weighted by Crippen LogP contribution is 2.24. The Balaban J connectivity index is 2.30. The molecule has 0 saturated carbocycles. The van der Waals surface area contributed by atoms with Crippen LogP contribution in [-0.2, 0) is 12.8 Å². The summed E-state index contributed by atoms with van der Waals surface area (Å²) < 4.78 is 0. The highest BCUT2D eigenvalue weighted by atomic mass is 14.3. The predicted octanol–water partition coefficient (Wildman–Crippen LogP) is 2.32. The molecule has 1 aliphatic rings. The Morgan fingerprint density at radius 1 is 1.25 bits per heavy atom. The number of hydrogen-bond donors (Lipinski definition) is 0. The molecular weight excluding hydrogens is 146 g/mol. The number of hydrogen-bond acceptors (Lipinski definition) is 1. The van der Waals surface area contributed by atoms with Crippen LogP contribution < -0.4 is 0 Å². The highest BCUT2D eigenvalue weighted by Gasteiger charge is 2.16. The first-order valence-corrected chi connectivity index (χ1v) is 4.36. The first-order chi connectivity index (χ1) is 5.90. The minimum Gasteiger partial charge on any atom is -0.198 e. The smallest absolute Gasteiger partial charge is 0.0659 e. The van der Waals surface area contributed by atoms with Gasteiger partial charge >= 0.3 is 0 Å². The standard InChI is InChI=1S/C11H11N/c12-8-9-5-6-10-3-1-2-4-11(10)7-9/h1-4,9H,5-7H2/t9-/m1/s1. The first-order valence-electron chi connectivity index (χ1n) is 4.36. The molecule has 1 heteroatoms. The third kappa shape index (κ3) is 1.21. The van der Waals surface area contributed by atoms with Crippen molar-refractivity contribution in [1.82, 2.24) is 0 Å². The van der Waals surface area contributed by atoms with Crippen LogP contribution >= 0.6 is 0 Å². The topological polar surface area (TPSA) is 23.8 Å². The van der Waals surface area contributed by atoms with Gasteiger partial charge in [-0.15, -0.1) is 0 Å². The number of rotatable bonds is 0. The van der Waals surface area contributed by atoms with Crippen LogP contribution in [0.25, 0.3) is 0 Å². The molecule has 1 aromatic carbocycles. The monoisotopic (exact) mass is 157 g/mol. The van der Waals surface area contributed by atoms with Crippen LogP contribution in [0.5, 0.6) is 0 Å². The Hall–Kier alpha value is -1.29. The second-order valence-electron chi connectivity index (χ2n) is 3.34. The number of nitrogens with zero attached hydrogens (tertiary/aromatic N) is 1. The van der Waals surface area contributed by atoms with Crippen molar-refractivity contribution in [3.8, 4) is 6.07 Å². The van der Waals surface area contributed by atoms with Gasteiger partial charge in [-0.2, -0.15) is 5.26 Å². The molecule has 2 rings (SSSR count). The van der Waals surface area contributed by atoms with Crippen molar-refractivity contribution in [3.63, 3.8) is 0 Å². The van der Waals surface area contributed by atoms with Crippen LogP contribution in [0.15, 0.2) is 24.3 Å². The van der Waals surface area contributed by atoms with E-state index in [0.29, 0.717) is 0 Å². The third-order valence-electron chi connectivity index (χ3n) is 2.53. The Bertz CT molecular complexity index is 322. The SMILES string of the molecule is N#C[C@@H]1CCc2ccccc2C1. The number of aryl methyl sites for hydroxylation is 1. The van der Waals surface area contributed by atoms with Gasteiger partial charge in [-0.25, -0.2) is 0 Å². The average Bonchev–Trinajstić information content (AvgIpc) is 2.17. The van der Waals surface area contributed by atoms with Crippen LogP contribution in [0.1, 0.15) is 17.5 Å². The van der Waals surface area contributed by atoms with Gasteiger partial charge in [0.25, 0.3) is 0 Å². The summed E-state index contributed by atoms with van der Waals surface area (Å²) in [7, 11) is 0. The van der Waals surface area contributed by atoms with Crippen LogP contribution in [0.2, 0.25) is 0 Å². The second kappa shape index (κ2) is 2.98. The van der Waals surface area contributed by atoms with Crippen molar-refractivity contribution in [2.24, 2.45) is 5.92 Å². The molecule has 12 heavy (non-hydrogen) atoms. The Morgan fingerprint density at radius 3 is 2.75 bits per heavy atom. The van der Waals surface area contributed by atoms with Crippen molar-refractivity contribution in [2.75, 3.05) is 0 Å². The summed E-state index contributed by atoms with van der Waals surface area (Å²) in [5.74, 6) is 0.250. The molecule has 0 bridgehead atoms. The van der Waals surface area contributed by atoms with Crippen LogP contribution in [0, 0.1) is 17.2 Å². The van der Waals surface area contributed by atoms with E-state index in [9.17, 15) is 0 Å². The Labute approximate surface area is 72.6 Å². The minimum atomic E-state index is 0.250. The zero-order chi connectivity index (χ0) is 8.39. The van der Waals surface area contributed by atoms with E-state index in [0.717, 1.165) is 19.3 Å². The fourth-order valence-electron chi connectivity index (χ4n) is 1.81. The lowest BCUT2D eigenvalue weighted by atomic mass is 9.85. The lowest BCUT2D eigenvalue weighted by molar-refractivity contribution is 0.564. The first kappa shape index (κ1) is 7.36. The van der Waals surface area contributed by atoms with Gasteiger partial charge in [0.05, 0.1) is 12.0 Å². The summed E-state index contributed by atoms with van der Waals surface area (Å²) in [6.07, 6.45) is 3.06. The van der Waals surface area contributed by atoms with Crippen molar-refractivity contribution < 1.29 is 0 Å². The predicted molar refractivity (Wildman–Crippen MR) is 47.6 cm³/mol. The summed E-state index contributed by atoms with van der Waals surface area (Å²) >= 11 is 0. The number of fused-ring (bicyclic) bond motifs is 1. The van der Waals surface area contributed by atoms with E-state index in [1.165, 1.54) is 11.1 Å². The van der Waals surface area contributed by atoms with Crippen molar-refractivity contribution in [2.45, 2.75) is 19.3 Å². The Kier molecular flexibility index (Phi) is 1.83. The van der Waals surface area contributed by atoms with Gasteiger partial charge in [0, 0.05) is 0 Å². The van der Waals surface area contributed by atoms with E-state index in [4.69, 9.17) is 5.26 Å². The molecule has 0 spiro atoms. The lowest BCUT2D eigenvalue weighted by Crippen LogP contribution is -2.11. The quantitative estimate of drug-likeness (QED) is 0.567. The number of nitriles is 1. The van der Waals surface area contributed by atoms with Gasteiger partial charge in [-0.1, -0.05) is 24.3 Å². The molecular formula is C11H11N. The maximum absolute atomic E-state index is 8.77. The second-order valence-corrected chi connectivity index (χ2v) is 3.34. The molecule has 1 aliphatic carbocycles. The normalized spacial score (nSPS) is 21.1. The molecule has 0 fully saturated rings. The average molecular weight is 157 g/mol. The molecule has 1 aromatic rings. The molecule has 1 atom stereocenters. The van der Waals surface area contributed by atoms with E-state index in [2.05, 4.69) is 30.3 Å². The van der Waals surface area contributed by atoms with Gasteiger partial charge in [0.15, 0.2) is 0 Å². The minimum absolute atomic E-state index is 0.250. The molecule has 0 saturated heterocycles. The molecule has 0 aromatic heterocycles. The molecule has 0 N–H and O–H groups in total. The van der Waals surface area contributed by atoms with Gasteiger partial charge in [0.2, 0.25) is 0 Å². The van der Waals surface area contributed by atoms with Crippen LogP contribution in [-0.4, -0.2) is 0 Å². The van der Waals surface area contributed by atoms with E-state index in [-0.39, 0.29) is 5.92 Å². The summed E-state index contributed by atoms with van der Waals surface area (Å²) in [6.45, 7) is 0. The van der Waals surface area contributed by atoms with E-state index in [1.807, 2.05) is 0 Å². The van der Waals surface area contributed by atoms with Crippen molar-refractivity contribution in [3.05, 3.63) is 35.4 Å². The lowest BCUT2D eigenvalue weighted by Gasteiger charge is -2.18. The fourth-order valence-corrected chi connectivity index (χ4v) is 1.81. The largest absolute Gasteiger partial charge is 0.198 e. The zero-order valence-corrected chi connectivity index (χ0v) is 6.96. The summed E-state index contributed by atoms with van der Waals surface area (Å²) in [5, 5.41) is 8.77. The van der Waals surface area contributed by atoms with E-state index >= 15 is 0 Å². The highest BCUT2D eigenvalue weighted by molar-refractivity contribution is 5.30. The van der Waals surface area contributed by atoms with Crippen LogP contribution in [0.4, 0.5) is 0 Å². The van der Waals surface area contributed by atoms with Gasteiger partial charge in [-0.05, 0) is 30.4 Å². The van der Waals surface area contributed by atoms with Gasteiger partial charge < -0.3 is 0 Å². The van der Waals surface area contributed by atoms with Gasteiger partial charge in [0.1, 0.15) is 0 Å². The summed E-state index contributed by atoms with van der Waals surface area (Å²) in [5.41, 5.74) is 2.80. The molecule has 0 radical (unpaired) electrons. The van der Waals surface area contributed by atoms with E-state index < -0.39 is 0 Å². The summed E-state index contributed by atoms with van der Waals surface area (Å²) in [4.78, 5) is 0. The molecule has 0 amide bonds. The van der Waals surface area contributed by atoms with E-state index in [1.54, 1.807) is 0 Å². The molecule has 1 nitrogen and oxygen atoms in total. The molecule has 60 valence electrons. The van der Waals surface area contributed by atoms with Crippen molar-refractivity contribution >= 4 is 0 Å². The molecule has 0 unspecified atom stereocenters. The van der Waals surface area contributed by atoms with Crippen molar-refractivity contribution in [1.29, 1.82) is 5.26 Å². The number of benzene rings is 1. The van der Waals surface area contributed by atoms with Crippen LogP contribution in [0.3, 0.4) is 0 Å².